The molecule has 0 spiro atoms. The summed E-state index contributed by atoms with van der Waals surface area (Å²) in [6.07, 6.45) is -4.65. The van der Waals surface area contributed by atoms with Crippen LogP contribution < -0.4 is 5.32 Å². The predicted octanol–water partition coefficient (Wildman–Crippen LogP) is 2.59. The topological polar surface area (TPSA) is 49.3 Å². The zero-order chi connectivity index (χ0) is 15.5. The molecular weight excluding hydrogens is 278 g/mol. The monoisotopic (exact) mass is 293 g/mol. The van der Waals surface area contributed by atoms with Crippen LogP contribution in [0.15, 0.2) is 18.2 Å². The van der Waals surface area contributed by atoms with Crippen LogP contribution in [0.5, 0.6) is 0 Å². The van der Waals surface area contributed by atoms with Gasteiger partial charge in [0.2, 0.25) is 0 Å². The fourth-order valence-electron chi connectivity index (χ4n) is 1.46. The molecule has 0 radical (unpaired) electrons. The lowest BCUT2D eigenvalue weighted by molar-refractivity contribution is -0.137. The minimum Gasteiger partial charge on any atom is -0.396 e. The first-order valence-electron chi connectivity index (χ1n) is 5.95. The van der Waals surface area contributed by atoms with Crippen LogP contribution in [0, 0.1) is 11.7 Å². The Balaban J connectivity index is 2.98. The van der Waals surface area contributed by atoms with Crippen molar-refractivity contribution in [2.45, 2.75) is 26.1 Å². The van der Waals surface area contributed by atoms with Crippen molar-refractivity contribution < 1.29 is 27.5 Å². The standard InChI is InChI=1S/C13H15F4NO2/c1-7(6-19)8(2)18-12(20)10-5-9(13(15,16)17)3-4-11(10)14/h3-5,7-8,19H,6H2,1-2H3,(H,18,20). The third-order valence-electron chi connectivity index (χ3n) is 3.04. The van der Waals surface area contributed by atoms with Crippen LogP contribution in [0.2, 0.25) is 0 Å². The number of alkyl halides is 3. The fraction of sp³-hybridized carbons (Fsp3) is 0.462. The first-order valence-corrected chi connectivity index (χ1v) is 5.95. The fourth-order valence-corrected chi connectivity index (χ4v) is 1.46. The Morgan fingerprint density at radius 2 is 1.95 bits per heavy atom. The van der Waals surface area contributed by atoms with E-state index in [1.165, 1.54) is 0 Å². The average Bonchev–Trinajstić information content (AvgIpc) is 2.36. The second kappa shape index (κ2) is 6.21. The van der Waals surface area contributed by atoms with Crippen LogP contribution in [0.25, 0.3) is 0 Å². The molecule has 0 saturated carbocycles. The van der Waals surface area contributed by atoms with Crippen LogP contribution in [-0.2, 0) is 6.18 Å². The van der Waals surface area contributed by atoms with Gasteiger partial charge in [0, 0.05) is 12.6 Å². The van der Waals surface area contributed by atoms with Crippen molar-refractivity contribution in [2.75, 3.05) is 6.61 Å². The van der Waals surface area contributed by atoms with E-state index in [4.69, 9.17) is 5.11 Å². The van der Waals surface area contributed by atoms with Gasteiger partial charge in [0.05, 0.1) is 11.1 Å². The van der Waals surface area contributed by atoms with Crippen molar-refractivity contribution >= 4 is 5.91 Å². The van der Waals surface area contributed by atoms with Crippen molar-refractivity contribution in [1.29, 1.82) is 0 Å². The molecular formula is C13H15F4NO2. The summed E-state index contributed by atoms with van der Waals surface area (Å²) in [5, 5.41) is 11.3. The summed E-state index contributed by atoms with van der Waals surface area (Å²) in [6, 6.07) is 1.16. The summed E-state index contributed by atoms with van der Waals surface area (Å²) in [6.45, 7) is 3.02. The first kappa shape index (κ1) is 16.4. The van der Waals surface area contributed by atoms with Gasteiger partial charge >= 0.3 is 6.18 Å². The summed E-state index contributed by atoms with van der Waals surface area (Å²) in [7, 11) is 0. The molecule has 0 fully saturated rings. The van der Waals surface area contributed by atoms with Crippen molar-refractivity contribution in [3.8, 4) is 0 Å². The molecule has 1 rings (SSSR count). The molecule has 0 aliphatic heterocycles. The summed E-state index contributed by atoms with van der Waals surface area (Å²) >= 11 is 0. The number of nitrogens with one attached hydrogen (secondary N) is 1. The summed E-state index contributed by atoms with van der Waals surface area (Å²) in [5.74, 6) is -2.27. The van der Waals surface area contributed by atoms with E-state index in [0.29, 0.717) is 18.2 Å². The zero-order valence-corrected chi connectivity index (χ0v) is 11.0. The molecule has 2 unspecified atom stereocenters. The van der Waals surface area contributed by atoms with Gasteiger partial charge in [0.1, 0.15) is 5.82 Å². The maximum atomic E-state index is 13.5. The molecule has 1 aromatic rings. The Morgan fingerprint density at radius 1 is 1.35 bits per heavy atom. The van der Waals surface area contributed by atoms with Gasteiger partial charge in [0.15, 0.2) is 0 Å². The van der Waals surface area contributed by atoms with Crippen LogP contribution in [0.4, 0.5) is 17.6 Å². The number of carbonyl (C=O) groups is 1. The van der Waals surface area contributed by atoms with E-state index in [1.54, 1.807) is 13.8 Å². The van der Waals surface area contributed by atoms with Crippen molar-refractivity contribution in [2.24, 2.45) is 5.92 Å². The van der Waals surface area contributed by atoms with Crippen molar-refractivity contribution in [1.82, 2.24) is 5.32 Å². The Bertz CT molecular complexity index is 488. The Morgan fingerprint density at radius 3 is 2.45 bits per heavy atom. The lowest BCUT2D eigenvalue weighted by Crippen LogP contribution is -2.38. The van der Waals surface area contributed by atoms with Gasteiger partial charge in [-0.2, -0.15) is 13.2 Å². The van der Waals surface area contributed by atoms with Crippen molar-refractivity contribution in [3.05, 3.63) is 35.1 Å². The molecule has 0 aromatic heterocycles. The molecule has 3 nitrogen and oxygen atoms in total. The van der Waals surface area contributed by atoms with Gasteiger partial charge in [-0.25, -0.2) is 4.39 Å². The summed E-state index contributed by atoms with van der Waals surface area (Å²) in [5.41, 5.74) is -1.76. The lowest BCUT2D eigenvalue weighted by atomic mass is 10.0. The molecule has 2 atom stereocenters. The molecule has 1 aromatic carbocycles. The molecule has 0 bridgehead atoms. The number of hydrogen-bond acceptors (Lipinski definition) is 2. The zero-order valence-electron chi connectivity index (χ0n) is 11.0. The number of amides is 1. The largest absolute Gasteiger partial charge is 0.416 e. The predicted molar refractivity (Wildman–Crippen MR) is 64.6 cm³/mol. The van der Waals surface area contributed by atoms with Gasteiger partial charge in [-0.15, -0.1) is 0 Å². The number of hydrogen-bond donors (Lipinski definition) is 2. The summed E-state index contributed by atoms with van der Waals surface area (Å²) < 4.78 is 51.0. The van der Waals surface area contributed by atoms with Crippen molar-refractivity contribution in [3.63, 3.8) is 0 Å². The third kappa shape index (κ3) is 3.93. The molecule has 0 aliphatic rings. The number of benzene rings is 1. The van der Waals surface area contributed by atoms with E-state index in [-0.39, 0.29) is 12.5 Å². The molecule has 0 aliphatic carbocycles. The number of rotatable bonds is 4. The molecule has 1 amide bonds. The van der Waals surface area contributed by atoms with Crippen LogP contribution >= 0.6 is 0 Å². The highest BCUT2D eigenvalue weighted by Gasteiger charge is 2.32. The summed E-state index contributed by atoms with van der Waals surface area (Å²) in [4.78, 5) is 11.8. The number of aliphatic hydroxyl groups excluding tert-OH is 1. The molecule has 0 heterocycles. The quantitative estimate of drug-likeness (QED) is 0.838. The molecule has 2 N–H and O–H groups in total. The minimum absolute atomic E-state index is 0.202. The molecule has 0 saturated heterocycles. The van der Waals surface area contributed by atoms with E-state index in [1.807, 2.05) is 0 Å². The SMILES string of the molecule is CC(CO)C(C)NC(=O)c1cc(C(F)(F)F)ccc1F. The van der Waals surface area contributed by atoms with Crippen LogP contribution in [-0.4, -0.2) is 23.7 Å². The second-order valence-corrected chi connectivity index (χ2v) is 4.61. The van der Waals surface area contributed by atoms with Gasteiger partial charge < -0.3 is 10.4 Å². The average molecular weight is 293 g/mol. The van der Waals surface area contributed by atoms with E-state index < -0.39 is 35.1 Å². The van der Waals surface area contributed by atoms with E-state index in [2.05, 4.69) is 5.32 Å². The Hall–Kier alpha value is -1.63. The van der Waals surface area contributed by atoms with E-state index in [9.17, 15) is 22.4 Å². The van der Waals surface area contributed by atoms with Gasteiger partial charge in [-0.05, 0) is 31.0 Å². The maximum Gasteiger partial charge on any atom is 0.416 e. The van der Waals surface area contributed by atoms with E-state index in [0.717, 1.165) is 0 Å². The Kier molecular flexibility index (Phi) is 5.10. The molecule has 20 heavy (non-hydrogen) atoms. The van der Waals surface area contributed by atoms with E-state index >= 15 is 0 Å². The van der Waals surface area contributed by atoms with Crippen LogP contribution in [0.3, 0.4) is 0 Å². The Labute approximate surface area is 113 Å². The number of carbonyl (C=O) groups excluding carboxylic acids is 1. The van der Waals surface area contributed by atoms with Gasteiger partial charge in [-0.1, -0.05) is 6.92 Å². The van der Waals surface area contributed by atoms with Crippen LogP contribution in [0.1, 0.15) is 29.8 Å². The lowest BCUT2D eigenvalue weighted by Gasteiger charge is -2.19. The van der Waals surface area contributed by atoms with Gasteiger partial charge in [0.25, 0.3) is 5.91 Å². The first-order chi connectivity index (χ1) is 9.16. The molecule has 112 valence electrons. The second-order valence-electron chi connectivity index (χ2n) is 4.61. The smallest absolute Gasteiger partial charge is 0.396 e. The highest BCUT2D eigenvalue weighted by Crippen LogP contribution is 2.30. The minimum atomic E-state index is -4.65. The normalized spacial score (nSPS) is 14.8. The van der Waals surface area contributed by atoms with Gasteiger partial charge in [-0.3, -0.25) is 4.79 Å². The number of halogens is 4. The third-order valence-corrected chi connectivity index (χ3v) is 3.04. The highest BCUT2D eigenvalue weighted by atomic mass is 19.4. The highest BCUT2D eigenvalue weighted by molar-refractivity contribution is 5.94. The molecule has 7 heteroatoms. The maximum absolute atomic E-state index is 13.5. The number of aliphatic hydroxyl groups is 1.